The molecule has 6 nitrogen and oxygen atoms in total. The molecule has 178 valence electrons. The van der Waals surface area contributed by atoms with Crippen LogP contribution in [0.2, 0.25) is 0 Å². The van der Waals surface area contributed by atoms with Crippen LogP contribution >= 0.6 is 0 Å². The lowest BCUT2D eigenvalue weighted by Crippen LogP contribution is -2.56. The molecule has 6 rings (SSSR count). The van der Waals surface area contributed by atoms with Crippen molar-refractivity contribution < 1.29 is 14.3 Å². The second kappa shape index (κ2) is 8.73. The smallest absolute Gasteiger partial charge is 0.233 e. The summed E-state index contributed by atoms with van der Waals surface area (Å²) in [5, 5.41) is 8.37. The van der Waals surface area contributed by atoms with Crippen LogP contribution in [-0.2, 0) is 21.4 Å². The van der Waals surface area contributed by atoms with Crippen LogP contribution in [0.3, 0.4) is 0 Å². The van der Waals surface area contributed by atoms with Crippen LogP contribution in [0.1, 0.15) is 49.7 Å². The fourth-order valence-corrected chi connectivity index (χ4v) is 6.74. The van der Waals surface area contributed by atoms with Crippen LogP contribution in [0, 0.1) is 5.92 Å². The molecule has 1 N–H and O–H groups in total. The van der Waals surface area contributed by atoms with E-state index in [1.165, 1.54) is 10.9 Å². The number of methoxy groups -OCH3 is 1. The van der Waals surface area contributed by atoms with E-state index in [2.05, 4.69) is 45.4 Å². The predicted octanol–water partition coefficient (Wildman–Crippen LogP) is 4.63. The van der Waals surface area contributed by atoms with Gasteiger partial charge in [-0.05, 0) is 86.3 Å². The molecule has 1 amide bonds. The highest BCUT2D eigenvalue weighted by Crippen LogP contribution is 2.45. The summed E-state index contributed by atoms with van der Waals surface area (Å²) in [5.74, 6) is 1.78. The Morgan fingerprint density at radius 3 is 2.56 bits per heavy atom. The van der Waals surface area contributed by atoms with Gasteiger partial charge < -0.3 is 14.4 Å². The number of amides is 1. The number of carbonyl (C=O) groups excluding carboxylic acids is 1. The number of hydrogen-bond acceptors (Lipinski definition) is 4. The van der Waals surface area contributed by atoms with Crippen LogP contribution in [0.5, 0.6) is 5.75 Å². The van der Waals surface area contributed by atoms with Gasteiger partial charge in [0.1, 0.15) is 5.75 Å². The number of rotatable bonds is 5. The highest BCUT2D eigenvalue weighted by atomic mass is 16.5. The highest BCUT2D eigenvalue weighted by Gasteiger charge is 2.51. The number of hydrogen-bond donors (Lipinski definition) is 1. The first-order valence-corrected chi connectivity index (χ1v) is 12.6. The van der Waals surface area contributed by atoms with Crippen LogP contribution in [0.25, 0.3) is 10.9 Å². The molecule has 0 spiro atoms. The van der Waals surface area contributed by atoms with Gasteiger partial charge in [-0.3, -0.25) is 9.89 Å². The third kappa shape index (κ3) is 3.68. The molecule has 3 aliphatic heterocycles. The molecule has 0 radical (unpaired) electrons. The molecule has 2 atom stereocenters. The molecular weight excluding hydrogens is 426 g/mol. The molecule has 3 aromatic rings. The average molecular weight is 460 g/mol. The number of piperidine rings is 1. The number of aromatic nitrogens is 2. The van der Waals surface area contributed by atoms with Crippen molar-refractivity contribution in [3.05, 3.63) is 59.8 Å². The fraction of sp³-hybridized carbons (Fsp3) is 0.500. The van der Waals surface area contributed by atoms with Gasteiger partial charge in [-0.25, -0.2) is 0 Å². The summed E-state index contributed by atoms with van der Waals surface area (Å²) < 4.78 is 11.1. The van der Waals surface area contributed by atoms with Crippen molar-refractivity contribution >= 4 is 16.8 Å². The first kappa shape index (κ1) is 21.7. The van der Waals surface area contributed by atoms with Gasteiger partial charge >= 0.3 is 0 Å². The molecule has 34 heavy (non-hydrogen) atoms. The Kier molecular flexibility index (Phi) is 5.56. The van der Waals surface area contributed by atoms with Gasteiger partial charge in [0.25, 0.3) is 0 Å². The molecule has 6 heteroatoms. The molecule has 0 unspecified atom stereocenters. The van der Waals surface area contributed by atoms with E-state index in [4.69, 9.17) is 9.47 Å². The lowest BCUT2D eigenvalue weighted by molar-refractivity contribution is -0.146. The first-order chi connectivity index (χ1) is 16.7. The zero-order valence-corrected chi connectivity index (χ0v) is 19.8. The lowest BCUT2D eigenvalue weighted by Gasteiger charge is -2.46. The summed E-state index contributed by atoms with van der Waals surface area (Å²) in [6.45, 7) is 1.28. The maximum atomic E-state index is 14.3. The second-order valence-corrected chi connectivity index (χ2v) is 10.4. The van der Waals surface area contributed by atoms with Gasteiger partial charge in [0.15, 0.2) is 0 Å². The number of nitrogens with zero attached hydrogens (tertiary/aromatic N) is 2. The van der Waals surface area contributed by atoms with Crippen molar-refractivity contribution in [3.8, 4) is 5.75 Å². The Morgan fingerprint density at radius 1 is 1.12 bits per heavy atom. The van der Waals surface area contributed by atoms with E-state index < -0.39 is 5.41 Å². The summed E-state index contributed by atoms with van der Waals surface area (Å²) in [7, 11) is 1.68. The van der Waals surface area contributed by atoms with E-state index in [0.29, 0.717) is 37.1 Å². The van der Waals surface area contributed by atoms with Crippen molar-refractivity contribution in [2.45, 2.75) is 62.4 Å². The molecule has 3 saturated heterocycles. The van der Waals surface area contributed by atoms with Gasteiger partial charge in [-0.1, -0.05) is 18.2 Å². The predicted molar refractivity (Wildman–Crippen MR) is 131 cm³/mol. The Balaban J connectivity index is 1.22. The second-order valence-electron chi connectivity index (χ2n) is 10.4. The van der Waals surface area contributed by atoms with Crippen molar-refractivity contribution in [1.29, 1.82) is 0 Å². The molecule has 2 aromatic carbocycles. The molecule has 0 saturated carbocycles. The number of fused-ring (bicyclic) bond motifs is 3. The zero-order chi connectivity index (χ0) is 23.1. The van der Waals surface area contributed by atoms with E-state index in [-0.39, 0.29) is 0 Å². The summed E-state index contributed by atoms with van der Waals surface area (Å²) >= 11 is 0. The van der Waals surface area contributed by atoms with E-state index >= 15 is 0 Å². The van der Waals surface area contributed by atoms with E-state index in [1.54, 1.807) is 7.11 Å². The van der Waals surface area contributed by atoms with Gasteiger partial charge in [0.05, 0.1) is 24.2 Å². The third-order valence-electron chi connectivity index (χ3n) is 8.49. The summed E-state index contributed by atoms with van der Waals surface area (Å²) in [5.41, 5.74) is 3.09. The quantitative estimate of drug-likeness (QED) is 0.604. The molecule has 3 fully saturated rings. The Labute approximate surface area is 200 Å². The molecule has 1 aromatic heterocycles. The number of carbonyl (C=O) groups is 1. The molecule has 2 bridgehead atoms. The monoisotopic (exact) mass is 459 g/mol. The lowest BCUT2D eigenvalue weighted by atomic mass is 9.72. The standard InChI is InChI=1S/C28H33N3O3/c1-33-25-7-3-22(4-8-25)28(10-12-34-13-11-28)27(32)31-23-5-6-24(31)17-20(16-23)14-19-2-9-26-21(15-19)18-29-30-26/h2-4,7-9,15,18,20,23-24H,5-6,10-14,16-17H2,1H3,(H,29,30)/t23-,24-/m0/s1. The molecule has 0 aliphatic carbocycles. The summed E-state index contributed by atoms with van der Waals surface area (Å²) in [4.78, 5) is 16.6. The van der Waals surface area contributed by atoms with Gasteiger partial charge in [-0.15, -0.1) is 0 Å². The van der Waals surface area contributed by atoms with E-state index in [9.17, 15) is 4.79 Å². The normalized spacial score (nSPS) is 26.0. The maximum absolute atomic E-state index is 14.3. The van der Waals surface area contributed by atoms with Crippen LogP contribution in [-0.4, -0.2) is 53.4 Å². The molecule has 3 aliphatic rings. The van der Waals surface area contributed by atoms with Crippen molar-refractivity contribution in [2.75, 3.05) is 20.3 Å². The maximum Gasteiger partial charge on any atom is 0.233 e. The Bertz CT molecular complexity index is 1150. The number of benzene rings is 2. The number of ether oxygens (including phenoxy) is 2. The Morgan fingerprint density at radius 2 is 1.85 bits per heavy atom. The van der Waals surface area contributed by atoms with Crippen molar-refractivity contribution in [2.24, 2.45) is 5.92 Å². The summed E-state index contributed by atoms with van der Waals surface area (Å²) in [6, 6.07) is 15.5. The largest absolute Gasteiger partial charge is 0.497 e. The average Bonchev–Trinajstić information content (AvgIpc) is 3.45. The van der Waals surface area contributed by atoms with Crippen LogP contribution in [0.4, 0.5) is 0 Å². The van der Waals surface area contributed by atoms with Crippen molar-refractivity contribution in [3.63, 3.8) is 0 Å². The first-order valence-electron chi connectivity index (χ1n) is 12.6. The fourth-order valence-electron chi connectivity index (χ4n) is 6.74. The third-order valence-corrected chi connectivity index (χ3v) is 8.49. The van der Waals surface area contributed by atoms with Gasteiger partial charge in [0, 0.05) is 30.7 Å². The Hall–Kier alpha value is -2.86. The SMILES string of the molecule is COc1ccc(C2(C(=O)N3[C@H]4CC[C@H]3CC(Cc3ccc5[nH]ncc5c3)C4)CCOCC2)cc1. The number of nitrogens with one attached hydrogen (secondary N) is 1. The van der Waals surface area contributed by atoms with Gasteiger partial charge in [-0.2, -0.15) is 5.10 Å². The van der Waals surface area contributed by atoms with Crippen molar-refractivity contribution in [1.82, 2.24) is 15.1 Å². The molecule has 4 heterocycles. The topological polar surface area (TPSA) is 67.5 Å². The van der Waals surface area contributed by atoms with Crippen LogP contribution in [0.15, 0.2) is 48.7 Å². The van der Waals surface area contributed by atoms with E-state index in [1.807, 2.05) is 18.3 Å². The van der Waals surface area contributed by atoms with Crippen LogP contribution < -0.4 is 4.74 Å². The summed E-state index contributed by atoms with van der Waals surface area (Å²) in [6.07, 6.45) is 8.93. The zero-order valence-electron chi connectivity index (χ0n) is 19.8. The minimum absolute atomic E-state index is 0.326. The minimum atomic E-state index is -0.482. The molecular formula is C28H33N3O3. The number of H-pyrrole nitrogens is 1. The van der Waals surface area contributed by atoms with E-state index in [0.717, 1.165) is 61.8 Å². The number of aromatic amines is 1. The highest BCUT2D eigenvalue weighted by molar-refractivity contribution is 5.89. The van der Waals surface area contributed by atoms with Gasteiger partial charge in [0.2, 0.25) is 5.91 Å². The minimum Gasteiger partial charge on any atom is -0.497 e.